The van der Waals surface area contributed by atoms with Crippen LogP contribution < -0.4 is 15.6 Å². The Labute approximate surface area is 149 Å². The van der Waals surface area contributed by atoms with Gasteiger partial charge in [-0.1, -0.05) is 24.3 Å². The molecule has 0 radical (unpaired) electrons. The molecule has 0 saturated heterocycles. The van der Waals surface area contributed by atoms with Crippen molar-refractivity contribution in [2.24, 2.45) is 0 Å². The van der Waals surface area contributed by atoms with E-state index < -0.39 is 36.3 Å². The Morgan fingerprint density at radius 1 is 1.04 bits per heavy atom. The number of esters is 1. The Morgan fingerprint density at radius 3 is 2.46 bits per heavy atom. The minimum Gasteiger partial charge on any atom is -0.482 e. The van der Waals surface area contributed by atoms with E-state index in [1.807, 2.05) is 0 Å². The van der Waals surface area contributed by atoms with Crippen molar-refractivity contribution in [1.29, 1.82) is 0 Å². The number of ether oxygens (including phenoxy) is 2. The Bertz CT molecular complexity index is 782. The van der Waals surface area contributed by atoms with Crippen molar-refractivity contribution in [2.45, 2.75) is 13.0 Å². The Kier molecular flexibility index (Phi) is 6.67. The first-order valence-electron chi connectivity index (χ1n) is 7.69. The molecule has 2 N–H and O–H groups in total. The van der Waals surface area contributed by atoms with Gasteiger partial charge in [-0.2, -0.15) is 0 Å². The van der Waals surface area contributed by atoms with Crippen molar-refractivity contribution in [3.05, 3.63) is 66.0 Å². The van der Waals surface area contributed by atoms with E-state index in [4.69, 9.17) is 9.47 Å². The molecule has 7 nitrogen and oxygen atoms in total. The molecular weight excluding hydrogens is 343 g/mol. The molecule has 1 atom stereocenters. The Morgan fingerprint density at radius 2 is 1.77 bits per heavy atom. The zero-order valence-electron chi connectivity index (χ0n) is 13.9. The van der Waals surface area contributed by atoms with Crippen LogP contribution in [0.25, 0.3) is 0 Å². The lowest BCUT2D eigenvalue weighted by molar-refractivity contribution is -0.156. The van der Waals surface area contributed by atoms with Crippen molar-refractivity contribution >= 4 is 17.8 Å². The molecule has 0 fully saturated rings. The molecule has 136 valence electrons. The average Bonchev–Trinajstić information content (AvgIpc) is 2.65. The van der Waals surface area contributed by atoms with Gasteiger partial charge in [-0.3, -0.25) is 20.4 Å². The average molecular weight is 360 g/mol. The van der Waals surface area contributed by atoms with Crippen molar-refractivity contribution in [3.8, 4) is 5.75 Å². The molecule has 0 aliphatic carbocycles. The summed E-state index contributed by atoms with van der Waals surface area (Å²) in [5.41, 5.74) is 4.74. The third-order valence-electron chi connectivity index (χ3n) is 3.17. The summed E-state index contributed by atoms with van der Waals surface area (Å²) < 4.78 is 22.9. The number of rotatable bonds is 6. The van der Waals surface area contributed by atoms with Crippen molar-refractivity contribution in [2.75, 3.05) is 6.61 Å². The summed E-state index contributed by atoms with van der Waals surface area (Å²) in [6, 6.07) is 13.5. The van der Waals surface area contributed by atoms with E-state index in [9.17, 15) is 18.8 Å². The normalized spacial score (nSPS) is 11.2. The fourth-order valence-corrected chi connectivity index (χ4v) is 1.87. The maximum Gasteiger partial charge on any atom is 0.344 e. The van der Waals surface area contributed by atoms with Gasteiger partial charge in [0.1, 0.15) is 11.6 Å². The van der Waals surface area contributed by atoms with E-state index in [-0.39, 0.29) is 5.75 Å². The molecule has 26 heavy (non-hydrogen) atoms. The van der Waals surface area contributed by atoms with Crippen LogP contribution in [0.5, 0.6) is 5.75 Å². The van der Waals surface area contributed by atoms with Gasteiger partial charge >= 0.3 is 5.97 Å². The Balaban J connectivity index is 1.73. The smallest absolute Gasteiger partial charge is 0.344 e. The maximum atomic E-state index is 13.0. The molecule has 0 heterocycles. The third-order valence-corrected chi connectivity index (χ3v) is 3.17. The molecule has 2 amide bonds. The maximum absolute atomic E-state index is 13.0. The van der Waals surface area contributed by atoms with Gasteiger partial charge in [-0.25, -0.2) is 9.18 Å². The van der Waals surface area contributed by atoms with E-state index in [2.05, 4.69) is 10.9 Å². The van der Waals surface area contributed by atoms with Crippen LogP contribution in [0.2, 0.25) is 0 Å². The van der Waals surface area contributed by atoms with Crippen LogP contribution in [0.15, 0.2) is 54.6 Å². The topological polar surface area (TPSA) is 93.7 Å². The lowest BCUT2D eigenvalue weighted by Gasteiger charge is -2.14. The molecule has 0 bridgehead atoms. The van der Waals surface area contributed by atoms with Gasteiger partial charge < -0.3 is 9.47 Å². The van der Waals surface area contributed by atoms with Crippen LogP contribution >= 0.6 is 0 Å². The van der Waals surface area contributed by atoms with Crippen LogP contribution in [-0.2, 0) is 14.3 Å². The van der Waals surface area contributed by atoms with Gasteiger partial charge in [0.2, 0.25) is 0 Å². The number of carbonyl (C=O) groups is 3. The largest absolute Gasteiger partial charge is 0.482 e. The zero-order valence-corrected chi connectivity index (χ0v) is 13.9. The Hall–Kier alpha value is -3.42. The van der Waals surface area contributed by atoms with Crippen LogP contribution in [0.1, 0.15) is 17.3 Å². The van der Waals surface area contributed by atoms with Crippen molar-refractivity contribution in [3.63, 3.8) is 0 Å². The number of amides is 2. The minimum absolute atomic E-state index is 0.161. The second-order valence-electron chi connectivity index (χ2n) is 5.19. The number of carbonyl (C=O) groups excluding carboxylic acids is 3. The summed E-state index contributed by atoms with van der Waals surface area (Å²) in [5, 5.41) is 0. The molecule has 0 aliphatic rings. The van der Waals surface area contributed by atoms with E-state index in [0.717, 1.165) is 6.07 Å². The molecular formula is C18H17FN2O5. The van der Waals surface area contributed by atoms with E-state index in [1.165, 1.54) is 25.1 Å². The predicted octanol–water partition coefficient (Wildman–Crippen LogP) is 1.60. The number of hydrogen-bond acceptors (Lipinski definition) is 5. The molecule has 2 rings (SSSR count). The number of halogens is 1. The summed E-state index contributed by atoms with van der Waals surface area (Å²) in [6.07, 6.45) is -1.16. The summed E-state index contributed by atoms with van der Waals surface area (Å²) >= 11 is 0. The van der Waals surface area contributed by atoms with Gasteiger partial charge in [0, 0.05) is 11.6 Å². The van der Waals surface area contributed by atoms with Crippen molar-refractivity contribution < 1.29 is 28.2 Å². The van der Waals surface area contributed by atoms with Gasteiger partial charge in [0.15, 0.2) is 12.7 Å². The zero-order chi connectivity index (χ0) is 18.9. The van der Waals surface area contributed by atoms with E-state index in [0.29, 0.717) is 5.56 Å². The number of hydrazine groups is 1. The highest BCUT2D eigenvalue weighted by atomic mass is 19.1. The highest BCUT2D eigenvalue weighted by molar-refractivity contribution is 5.95. The van der Waals surface area contributed by atoms with Crippen LogP contribution in [0, 0.1) is 5.82 Å². The monoisotopic (exact) mass is 360 g/mol. The fraction of sp³-hybridized carbons (Fsp3) is 0.167. The summed E-state index contributed by atoms with van der Waals surface area (Å²) in [4.78, 5) is 35.3. The predicted molar refractivity (Wildman–Crippen MR) is 89.5 cm³/mol. The minimum atomic E-state index is -1.16. The lowest BCUT2D eigenvalue weighted by atomic mass is 10.2. The first-order chi connectivity index (χ1) is 12.5. The number of benzene rings is 2. The van der Waals surface area contributed by atoms with Gasteiger partial charge in [-0.05, 0) is 31.2 Å². The summed E-state index contributed by atoms with van der Waals surface area (Å²) in [5.74, 6) is -2.38. The number of nitrogens with one attached hydrogen (secondary N) is 2. The van der Waals surface area contributed by atoms with Gasteiger partial charge in [-0.15, -0.1) is 0 Å². The summed E-state index contributed by atoms with van der Waals surface area (Å²) in [7, 11) is 0. The standard InChI is InChI=1S/C18H17FN2O5/c1-12(17(23)20-21-18(24)13-6-3-2-4-7-13)26-16(22)11-25-15-9-5-8-14(19)10-15/h2-10,12H,11H2,1H3,(H,20,23)(H,21,24)/t12-/m0/s1. The van der Waals surface area contributed by atoms with E-state index in [1.54, 1.807) is 30.3 Å². The highest BCUT2D eigenvalue weighted by Crippen LogP contribution is 2.11. The summed E-state index contributed by atoms with van der Waals surface area (Å²) in [6.45, 7) is 0.849. The van der Waals surface area contributed by atoms with Crippen molar-refractivity contribution in [1.82, 2.24) is 10.9 Å². The molecule has 0 aromatic heterocycles. The van der Waals surface area contributed by atoms with Crippen LogP contribution in [0.3, 0.4) is 0 Å². The molecule has 0 spiro atoms. The number of hydrogen-bond donors (Lipinski definition) is 2. The van der Waals surface area contributed by atoms with Crippen LogP contribution in [-0.4, -0.2) is 30.5 Å². The van der Waals surface area contributed by atoms with E-state index >= 15 is 0 Å². The molecule has 2 aromatic rings. The van der Waals surface area contributed by atoms with Gasteiger partial charge in [0.05, 0.1) is 0 Å². The van der Waals surface area contributed by atoms with Crippen LogP contribution in [0.4, 0.5) is 4.39 Å². The second kappa shape index (κ2) is 9.16. The fourth-order valence-electron chi connectivity index (χ4n) is 1.87. The molecule has 8 heteroatoms. The molecule has 2 aromatic carbocycles. The van der Waals surface area contributed by atoms with Gasteiger partial charge in [0.25, 0.3) is 11.8 Å². The first kappa shape index (κ1) is 18.9. The second-order valence-corrected chi connectivity index (χ2v) is 5.19. The SMILES string of the molecule is C[C@H](OC(=O)COc1cccc(F)c1)C(=O)NNC(=O)c1ccccc1. The lowest BCUT2D eigenvalue weighted by Crippen LogP contribution is -2.47. The third kappa shape index (κ3) is 5.90. The molecule has 0 unspecified atom stereocenters. The molecule has 0 aliphatic heterocycles. The first-order valence-corrected chi connectivity index (χ1v) is 7.69. The quantitative estimate of drug-likeness (QED) is 0.603. The molecule has 0 saturated carbocycles. The highest BCUT2D eigenvalue weighted by Gasteiger charge is 2.19.